The lowest BCUT2D eigenvalue weighted by atomic mass is 10.3. The van der Waals surface area contributed by atoms with Crippen LogP contribution in [-0.2, 0) is 0 Å². The molecule has 0 saturated carbocycles. The number of rotatable bonds is 1. The van der Waals surface area contributed by atoms with E-state index < -0.39 is 0 Å². The van der Waals surface area contributed by atoms with Gasteiger partial charge in [0, 0.05) is 17.6 Å². The van der Waals surface area contributed by atoms with E-state index in [2.05, 4.69) is 4.98 Å². The van der Waals surface area contributed by atoms with Crippen molar-refractivity contribution >= 4 is 27.9 Å². The highest BCUT2D eigenvalue weighted by Crippen LogP contribution is 2.24. The Morgan fingerprint density at radius 3 is 3.17 bits per heavy atom. The van der Waals surface area contributed by atoms with Crippen molar-refractivity contribution in [2.75, 3.05) is 0 Å². The monoisotopic (exact) mass is 201 g/mol. The lowest BCUT2D eigenvalue weighted by molar-refractivity contribution is 0.772. The first-order valence-electron chi connectivity index (χ1n) is 3.56. The molecule has 12 heavy (non-hydrogen) atoms. The van der Waals surface area contributed by atoms with Crippen LogP contribution in [0.5, 0.6) is 0 Å². The van der Waals surface area contributed by atoms with Crippen molar-refractivity contribution in [1.29, 1.82) is 0 Å². The molecule has 5 heteroatoms. The number of thiazole rings is 1. The standard InChI is InChI=1S/C7H8ClN3S/c1-4(9)5-6(8)10-7-11(5)2-3-12-7/h2-4H,9H2,1H3. The van der Waals surface area contributed by atoms with Crippen LogP contribution in [0.3, 0.4) is 0 Å². The van der Waals surface area contributed by atoms with E-state index in [-0.39, 0.29) is 6.04 Å². The van der Waals surface area contributed by atoms with Gasteiger partial charge in [0.05, 0.1) is 5.69 Å². The van der Waals surface area contributed by atoms with E-state index in [4.69, 9.17) is 17.3 Å². The van der Waals surface area contributed by atoms with Crippen LogP contribution in [-0.4, -0.2) is 9.38 Å². The van der Waals surface area contributed by atoms with Gasteiger partial charge in [-0.1, -0.05) is 11.6 Å². The van der Waals surface area contributed by atoms with Crippen LogP contribution in [0.1, 0.15) is 18.7 Å². The Hall–Kier alpha value is -0.580. The van der Waals surface area contributed by atoms with Gasteiger partial charge in [0.15, 0.2) is 10.1 Å². The summed E-state index contributed by atoms with van der Waals surface area (Å²) < 4.78 is 1.93. The van der Waals surface area contributed by atoms with Gasteiger partial charge in [-0.2, -0.15) is 0 Å². The number of imidazole rings is 1. The van der Waals surface area contributed by atoms with Crippen LogP contribution in [0.15, 0.2) is 11.6 Å². The summed E-state index contributed by atoms with van der Waals surface area (Å²) in [5, 5.41) is 2.47. The van der Waals surface area contributed by atoms with E-state index in [9.17, 15) is 0 Å². The molecule has 2 heterocycles. The molecule has 0 fully saturated rings. The zero-order valence-electron chi connectivity index (χ0n) is 6.49. The Bertz CT molecular complexity index is 404. The Balaban J connectivity index is 2.76. The molecule has 0 saturated heterocycles. The fraction of sp³-hybridized carbons (Fsp3) is 0.286. The predicted molar refractivity (Wildman–Crippen MR) is 50.7 cm³/mol. The number of hydrogen-bond donors (Lipinski definition) is 1. The Morgan fingerprint density at radius 2 is 2.50 bits per heavy atom. The number of halogens is 1. The van der Waals surface area contributed by atoms with Crippen molar-refractivity contribution in [2.45, 2.75) is 13.0 Å². The molecule has 0 aliphatic rings. The topological polar surface area (TPSA) is 43.3 Å². The van der Waals surface area contributed by atoms with Gasteiger partial charge in [-0.3, -0.25) is 4.40 Å². The van der Waals surface area contributed by atoms with E-state index in [1.807, 2.05) is 22.9 Å². The predicted octanol–water partition coefficient (Wildman–Crippen LogP) is 2.07. The summed E-state index contributed by atoms with van der Waals surface area (Å²) in [6, 6.07) is -0.0814. The molecule has 0 aliphatic heterocycles. The minimum Gasteiger partial charge on any atom is -0.323 e. The van der Waals surface area contributed by atoms with E-state index >= 15 is 0 Å². The van der Waals surface area contributed by atoms with Gasteiger partial charge in [-0.15, -0.1) is 11.3 Å². The third kappa shape index (κ3) is 1.03. The summed E-state index contributed by atoms with van der Waals surface area (Å²) in [7, 11) is 0. The minimum atomic E-state index is -0.0814. The van der Waals surface area contributed by atoms with E-state index in [1.54, 1.807) is 11.3 Å². The van der Waals surface area contributed by atoms with Gasteiger partial charge in [0.1, 0.15) is 0 Å². The highest BCUT2D eigenvalue weighted by atomic mass is 35.5. The average Bonchev–Trinajstić information content (AvgIpc) is 2.44. The summed E-state index contributed by atoms with van der Waals surface area (Å²) in [5.41, 5.74) is 6.63. The van der Waals surface area contributed by atoms with Crippen LogP contribution < -0.4 is 5.73 Å². The van der Waals surface area contributed by atoms with Gasteiger partial charge in [0.2, 0.25) is 0 Å². The van der Waals surface area contributed by atoms with E-state index in [0.717, 1.165) is 10.7 Å². The maximum Gasteiger partial charge on any atom is 0.195 e. The second kappa shape index (κ2) is 2.73. The van der Waals surface area contributed by atoms with Crippen molar-refractivity contribution < 1.29 is 0 Å². The Morgan fingerprint density at radius 1 is 1.75 bits per heavy atom. The zero-order chi connectivity index (χ0) is 8.72. The molecular formula is C7H8ClN3S. The molecule has 0 aromatic carbocycles. The third-order valence-electron chi connectivity index (χ3n) is 1.69. The van der Waals surface area contributed by atoms with Crippen molar-refractivity contribution in [3.63, 3.8) is 0 Å². The second-order valence-corrected chi connectivity index (χ2v) is 3.86. The van der Waals surface area contributed by atoms with Gasteiger partial charge >= 0.3 is 0 Å². The van der Waals surface area contributed by atoms with Gasteiger partial charge in [0.25, 0.3) is 0 Å². The molecule has 0 bridgehead atoms. The fourth-order valence-corrected chi connectivity index (χ4v) is 2.30. The first-order valence-corrected chi connectivity index (χ1v) is 4.82. The first kappa shape index (κ1) is 8.04. The van der Waals surface area contributed by atoms with Crippen LogP contribution in [0.4, 0.5) is 0 Å². The molecule has 2 aromatic rings. The minimum absolute atomic E-state index is 0.0814. The van der Waals surface area contributed by atoms with Gasteiger partial charge in [-0.05, 0) is 6.92 Å². The van der Waals surface area contributed by atoms with Crippen LogP contribution in [0.2, 0.25) is 5.15 Å². The molecule has 0 amide bonds. The van der Waals surface area contributed by atoms with Gasteiger partial charge < -0.3 is 5.73 Å². The molecule has 64 valence electrons. The van der Waals surface area contributed by atoms with Crippen molar-refractivity contribution in [1.82, 2.24) is 9.38 Å². The Labute approximate surface area is 78.8 Å². The smallest absolute Gasteiger partial charge is 0.195 e. The summed E-state index contributed by atoms with van der Waals surface area (Å²) >= 11 is 7.45. The fourth-order valence-electron chi connectivity index (χ4n) is 1.18. The lowest BCUT2D eigenvalue weighted by Gasteiger charge is -2.02. The molecule has 3 nitrogen and oxygen atoms in total. The summed E-state index contributed by atoms with van der Waals surface area (Å²) in [6.45, 7) is 1.90. The van der Waals surface area contributed by atoms with Crippen LogP contribution >= 0.6 is 22.9 Å². The summed E-state index contributed by atoms with van der Waals surface area (Å²) in [5.74, 6) is 0. The Kier molecular flexibility index (Phi) is 1.83. The molecule has 0 aliphatic carbocycles. The highest BCUT2D eigenvalue weighted by Gasteiger charge is 2.13. The third-order valence-corrected chi connectivity index (χ3v) is 2.72. The summed E-state index contributed by atoms with van der Waals surface area (Å²) in [4.78, 5) is 5.06. The molecular weight excluding hydrogens is 194 g/mol. The average molecular weight is 202 g/mol. The molecule has 2 N–H and O–H groups in total. The number of nitrogens with two attached hydrogens (primary N) is 1. The van der Waals surface area contributed by atoms with Crippen LogP contribution in [0, 0.1) is 0 Å². The number of nitrogens with zero attached hydrogens (tertiary/aromatic N) is 2. The lowest BCUT2D eigenvalue weighted by Crippen LogP contribution is -2.07. The van der Waals surface area contributed by atoms with Crippen molar-refractivity contribution in [3.8, 4) is 0 Å². The molecule has 0 spiro atoms. The zero-order valence-corrected chi connectivity index (χ0v) is 8.06. The van der Waals surface area contributed by atoms with Gasteiger partial charge in [-0.25, -0.2) is 4.98 Å². The molecule has 0 radical (unpaired) electrons. The summed E-state index contributed by atoms with van der Waals surface area (Å²) in [6.07, 6.45) is 1.93. The number of aromatic nitrogens is 2. The number of hydrogen-bond acceptors (Lipinski definition) is 3. The van der Waals surface area contributed by atoms with Crippen molar-refractivity contribution in [3.05, 3.63) is 22.4 Å². The molecule has 1 atom stereocenters. The molecule has 2 rings (SSSR count). The van der Waals surface area contributed by atoms with E-state index in [1.165, 1.54) is 0 Å². The van der Waals surface area contributed by atoms with Crippen LogP contribution in [0.25, 0.3) is 4.96 Å². The largest absolute Gasteiger partial charge is 0.323 e. The first-order chi connectivity index (χ1) is 5.70. The highest BCUT2D eigenvalue weighted by molar-refractivity contribution is 7.15. The quantitative estimate of drug-likeness (QED) is 0.768. The van der Waals surface area contributed by atoms with Crippen molar-refractivity contribution in [2.24, 2.45) is 5.73 Å². The molecule has 2 aromatic heterocycles. The number of fused-ring (bicyclic) bond motifs is 1. The van der Waals surface area contributed by atoms with E-state index in [0.29, 0.717) is 5.15 Å². The normalized spacial score (nSPS) is 13.9. The second-order valence-electron chi connectivity index (χ2n) is 2.63. The SMILES string of the molecule is CC(N)c1c(Cl)nc2sccn12. The maximum absolute atomic E-state index is 5.90. The maximum atomic E-state index is 5.90. The molecule has 1 unspecified atom stereocenters.